The van der Waals surface area contributed by atoms with E-state index in [0.717, 1.165) is 10.7 Å². The molecule has 1 fully saturated rings. The van der Waals surface area contributed by atoms with E-state index in [4.69, 9.17) is 4.74 Å². The van der Waals surface area contributed by atoms with Crippen LogP contribution in [0.4, 0.5) is 11.4 Å². The molecule has 1 N–H and O–H groups in total. The number of ether oxygens (including phenoxy) is 1. The predicted octanol–water partition coefficient (Wildman–Crippen LogP) is 0.844. The van der Waals surface area contributed by atoms with Crippen molar-refractivity contribution in [2.45, 2.75) is 12.8 Å². The normalized spacial score (nSPS) is 18.0. The van der Waals surface area contributed by atoms with Gasteiger partial charge in [-0.05, 0) is 31.0 Å². The van der Waals surface area contributed by atoms with Gasteiger partial charge in [-0.3, -0.25) is 9.03 Å². The van der Waals surface area contributed by atoms with Crippen LogP contribution in [0.2, 0.25) is 0 Å². The molecule has 0 saturated carbocycles. The highest BCUT2D eigenvalue weighted by Gasteiger charge is 2.28. The summed E-state index contributed by atoms with van der Waals surface area (Å²) in [5.41, 5.74) is 0.612. The first-order valence-corrected chi connectivity index (χ1v) is 10.1. The van der Waals surface area contributed by atoms with Gasteiger partial charge in [-0.25, -0.2) is 8.42 Å². The van der Waals surface area contributed by atoms with Crippen molar-refractivity contribution < 1.29 is 21.6 Å². The Morgan fingerprint density at radius 1 is 1.26 bits per heavy atom. The van der Waals surface area contributed by atoms with Crippen LogP contribution in [0.25, 0.3) is 0 Å². The number of benzene rings is 1. The number of hydrogen-bond acceptors (Lipinski definition) is 5. The molecule has 1 saturated heterocycles. The zero-order chi connectivity index (χ0) is 17.3. The average molecular weight is 363 g/mol. The third-order valence-corrected chi connectivity index (χ3v) is 6.83. The fourth-order valence-corrected chi connectivity index (χ4v) is 4.49. The molecule has 130 valence electrons. The lowest BCUT2D eigenvalue weighted by Crippen LogP contribution is -2.38. The van der Waals surface area contributed by atoms with Crippen LogP contribution < -0.4 is 13.8 Å². The van der Waals surface area contributed by atoms with Gasteiger partial charge in [-0.15, -0.1) is 0 Å². The summed E-state index contributed by atoms with van der Waals surface area (Å²) in [6.45, 7) is 0.350. The molecule has 1 aliphatic rings. The lowest BCUT2D eigenvalue weighted by Gasteiger charge is -2.29. The number of anilines is 2. The molecule has 23 heavy (non-hydrogen) atoms. The second-order valence-electron chi connectivity index (χ2n) is 5.37. The number of rotatable bonds is 5. The van der Waals surface area contributed by atoms with E-state index < -0.39 is 20.2 Å². The third kappa shape index (κ3) is 3.88. The fraction of sp³-hybridized carbons (Fsp3) is 0.538. The molecule has 0 atom stereocenters. The van der Waals surface area contributed by atoms with Crippen LogP contribution in [0, 0.1) is 0 Å². The van der Waals surface area contributed by atoms with Gasteiger partial charge in [0.15, 0.2) is 0 Å². The third-order valence-electron chi connectivity index (χ3n) is 3.52. The van der Waals surface area contributed by atoms with Gasteiger partial charge in [0.25, 0.3) is 0 Å². The Bertz CT molecular complexity index is 775. The van der Waals surface area contributed by atoms with E-state index in [9.17, 15) is 16.8 Å². The van der Waals surface area contributed by atoms with E-state index in [1.807, 2.05) is 0 Å². The first kappa shape index (κ1) is 17.8. The monoisotopic (exact) mass is 363 g/mol. The minimum atomic E-state index is -3.67. The number of sulfonamides is 1. The average Bonchev–Trinajstić information content (AvgIpc) is 2.46. The van der Waals surface area contributed by atoms with Crippen molar-refractivity contribution in [2.24, 2.45) is 0 Å². The van der Waals surface area contributed by atoms with Crippen LogP contribution in [0.3, 0.4) is 0 Å². The molecule has 0 aliphatic carbocycles. The van der Waals surface area contributed by atoms with Gasteiger partial charge < -0.3 is 4.74 Å². The van der Waals surface area contributed by atoms with Gasteiger partial charge >= 0.3 is 10.2 Å². The highest BCUT2D eigenvalue weighted by atomic mass is 32.2. The Kier molecular flexibility index (Phi) is 5.07. The van der Waals surface area contributed by atoms with E-state index in [1.165, 1.54) is 37.6 Å². The Morgan fingerprint density at radius 3 is 2.52 bits per heavy atom. The molecule has 0 aromatic heterocycles. The lowest BCUT2D eigenvalue weighted by atomic mass is 10.2. The number of hydrogen-bond donors (Lipinski definition) is 1. The quantitative estimate of drug-likeness (QED) is 0.836. The topological polar surface area (TPSA) is 96.0 Å². The second-order valence-corrected chi connectivity index (χ2v) is 9.27. The first-order valence-electron chi connectivity index (χ1n) is 7.06. The standard InChI is InChI=1S/C13H21N3O5S2/c1-15(2)23(19,20)14-11-6-7-13(21-3)12(10-11)16-8-4-5-9-22(16,17)18/h6-7,10,14H,4-5,8-9H2,1-3H3. The van der Waals surface area contributed by atoms with Crippen LogP contribution in [0.1, 0.15) is 12.8 Å². The smallest absolute Gasteiger partial charge is 0.301 e. The summed E-state index contributed by atoms with van der Waals surface area (Å²) in [5, 5.41) is 0. The molecular weight excluding hydrogens is 342 g/mol. The summed E-state index contributed by atoms with van der Waals surface area (Å²) in [5.74, 6) is 0.451. The maximum Gasteiger partial charge on any atom is 0.301 e. The first-order chi connectivity index (χ1) is 10.7. The van der Waals surface area contributed by atoms with Crippen LogP contribution in [-0.4, -0.2) is 54.6 Å². The zero-order valence-corrected chi connectivity index (χ0v) is 14.9. The summed E-state index contributed by atoms with van der Waals surface area (Å²) in [7, 11) is -2.84. The Morgan fingerprint density at radius 2 is 1.96 bits per heavy atom. The Hall–Kier alpha value is -1.52. The van der Waals surface area contributed by atoms with Crippen LogP contribution >= 0.6 is 0 Å². The predicted molar refractivity (Wildman–Crippen MR) is 89.6 cm³/mol. The molecule has 0 radical (unpaired) electrons. The van der Waals surface area contributed by atoms with Crippen molar-refractivity contribution in [3.05, 3.63) is 18.2 Å². The molecule has 0 unspecified atom stereocenters. The highest BCUT2D eigenvalue weighted by molar-refractivity contribution is 7.92. The van der Waals surface area contributed by atoms with E-state index in [0.29, 0.717) is 24.4 Å². The molecule has 8 nitrogen and oxygen atoms in total. The van der Waals surface area contributed by atoms with Crippen molar-refractivity contribution in [3.8, 4) is 5.75 Å². The Labute approximate surface area is 137 Å². The SMILES string of the molecule is COc1ccc(NS(=O)(=O)N(C)C)cc1N1CCCCS1(=O)=O. The second kappa shape index (κ2) is 6.54. The van der Waals surface area contributed by atoms with Crippen molar-refractivity contribution in [1.82, 2.24) is 4.31 Å². The minimum absolute atomic E-state index is 0.0732. The summed E-state index contributed by atoms with van der Waals surface area (Å²) < 4.78 is 58.3. The minimum Gasteiger partial charge on any atom is -0.495 e. The molecule has 1 aromatic rings. The maximum absolute atomic E-state index is 12.3. The molecule has 0 bridgehead atoms. The Balaban J connectivity index is 2.44. The number of nitrogens with one attached hydrogen (secondary N) is 1. The van der Waals surface area contributed by atoms with E-state index in [-0.39, 0.29) is 11.4 Å². The summed E-state index contributed by atoms with van der Waals surface area (Å²) in [6, 6.07) is 4.55. The zero-order valence-electron chi connectivity index (χ0n) is 13.3. The van der Waals surface area contributed by atoms with E-state index in [2.05, 4.69) is 4.72 Å². The maximum atomic E-state index is 12.3. The summed E-state index contributed by atoms with van der Waals surface area (Å²) >= 11 is 0. The number of nitrogens with zero attached hydrogens (tertiary/aromatic N) is 2. The molecule has 1 aliphatic heterocycles. The van der Waals surface area contributed by atoms with Gasteiger partial charge in [-0.2, -0.15) is 12.7 Å². The van der Waals surface area contributed by atoms with Crippen molar-refractivity contribution in [2.75, 3.05) is 42.5 Å². The summed E-state index contributed by atoms with van der Waals surface area (Å²) in [6.07, 6.45) is 1.37. The van der Waals surface area contributed by atoms with Crippen molar-refractivity contribution in [3.63, 3.8) is 0 Å². The molecule has 1 aromatic carbocycles. The lowest BCUT2D eigenvalue weighted by molar-refractivity contribution is 0.415. The molecule has 10 heteroatoms. The fourth-order valence-electron chi connectivity index (χ4n) is 2.25. The van der Waals surface area contributed by atoms with Gasteiger partial charge in [0.2, 0.25) is 10.0 Å². The molecule has 2 rings (SSSR count). The molecular formula is C13H21N3O5S2. The molecule has 0 amide bonds. The van der Waals surface area contributed by atoms with Crippen LogP contribution in [-0.2, 0) is 20.2 Å². The summed E-state index contributed by atoms with van der Waals surface area (Å²) in [4.78, 5) is 0. The van der Waals surface area contributed by atoms with Crippen LogP contribution in [0.15, 0.2) is 18.2 Å². The van der Waals surface area contributed by atoms with Crippen molar-refractivity contribution >= 4 is 31.6 Å². The molecule has 1 heterocycles. The van der Waals surface area contributed by atoms with Crippen LogP contribution in [0.5, 0.6) is 5.75 Å². The van der Waals surface area contributed by atoms with Gasteiger partial charge in [-0.1, -0.05) is 0 Å². The van der Waals surface area contributed by atoms with Gasteiger partial charge in [0.05, 0.1) is 24.2 Å². The molecule has 0 spiro atoms. The largest absolute Gasteiger partial charge is 0.495 e. The van der Waals surface area contributed by atoms with Gasteiger partial charge in [0, 0.05) is 20.6 Å². The van der Waals surface area contributed by atoms with E-state index >= 15 is 0 Å². The van der Waals surface area contributed by atoms with Gasteiger partial charge in [0.1, 0.15) is 5.75 Å². The highest BCUT2D eigenvalue weighted by Crippen LogP contribution is 2.35. The van der Waals surface area contributed by atoms with E-state index in [1.54, 1.807) is 6.07 Å². The number of methoxy groups -OCH3 is 1. The van der Waals surface area contributed by atoms with Crippen molar-refractivity contribution in [1.29, 1.82) is 0 Å².